The highest BCUT2D eigenvalue weighted by atomic mass is 35.5. The fourth-order valence-corrected chi connectivity index (χ4v) is 4.55. The molecule has 0 bridgehead atoms. The monoisotopic (exact) mass is 467 g/mol. The first kappa shape index (κ1) is 22.1. The van der Waals surface area contributed by atoms with E-state index in [1.807, 2.05) is 54.6 Å². The molecule has 7 heteroatoms. The third-order valence-corrected chi connectivity index (χ3v) is 6.18. The van der Waals surface area contributed by atoms with E-state index < -0.39 is 11.8 Å². The second-order valence-corrected chi connectivity index (χ2v) is 8.30. The van der Waals surface area contributed by atoms with E-state index in [-0.39, 0.29) is 12.2 Å². The summed E-state index contributed by atoms with van der Waals surface area (Å²) in [6.45, 7) is 0.284. The lowest BCUT2D eigenvalue weighted by Crippen LogP contribution is -2.10. The number of benzene rings is 3. The van der Waals surface area contributed by atoms with Crippen molar-refractivity contribution in [3.05, 3.63) is 100 Å². The highest BCUT2D eigenvalue weighted by Gasteiger charge is 2.24. The van der Waals surface area contributed by atoms with Crippen molar-refractivity contribution in [3.63, 3.8) is 0 Å². The SMILES string of the molecule is COC(=O)c1c(SCc2ccc(F)cc2Cl)nc2ccccc2c1OCc1ccccc1. The molecule has 162 valence electrons. The third kappa shape index (κ3) is 4.87. The molecule has 0 unspecified atom stereocenters. The van der Waals surface area contributed by atoms with Crippen molar-refractivity contribution in [3.8, 4) is 5.75 Å². The number of pyridine rings is 1. The summed E-state index contributed by atoms with van der Waals surface area (Å²) in [7, 11) is 1.32. The van der Waals surface area contributed by atoms with Crippen LogP contribution in [0.2, 0.25) is 5.02 Å². The zero-order valence-corrected chi connectivity index (χ0v) is 18.8. The van der Waals surface area contributed by atoms with Crippen molar-refractivity contribution in [1.29, 1.82) is 0 Å². The molecule has 32 heavy (non-hydrogen) atoms. The van der Waals surface area contributed by atoms with E-state index >= 15 is 0 Å². The maximum Gasteiger partial charge on any atom is 0.344 e. The van der Waals surface area contributed by atoms with Crippen molar-refractivity contribution >= 4 is 40.2 Å². The van der Waals surface area contributed by atoms with Crippen molar-refractivity contribution in [2.75, 3.05) is 7.11 Å². The zero-order chi connectivity index (χ0) is 22.5. The Labute approximate surface area is 194 Å². The number of esters is 1. The van der Waals surface area contributed by atoms with E-state index in [0.717, 1.165) is 11.1 Å². The van der Waals surface area contributed by atoms with E-state index in [2.05, 4.69) is 4.98 Å². The smallest absolute Gasteiger partial charge is 0.344 e. The molecule has 3 aromatic carbocycles. The van der Waals surface area contributed by atoms with Crippen molar-refractivity contribution in [2.45, 2.75) is 17.4 Å². The van der Waals surface area contributed by atoms with Gasteiger partial charge in [-0.25, -0.2) is 14.2 Å². The van der Waals surface area contributed by atoms with Gasteiger partial charge in [0, 0.05) is 16.2 Å². The van der Waals surface area contributed by atoms with Gasteiger partial charge in [0.25, 0.3) is 0 Å². The van der Waals surface area contributed by atoms with Crippen LogP contribution in [0.3, 0.4) is 0 Å². The van der Waals surface area contributed by atoms with Gasteiger partial charge in [-0.15, -0.1) is 11.8 Å². The Balaban J connectivity index is 1.76. The number of carbonyl (C=O) groups excluding carboxylic acids is 1. The molecular weight excluding hydrogens is 449 g/mol. The van der Waals surface area contributed by atoms with Crippen LogP contribution < -0.4 is 4.74 Å². The van der Waals surface area contributed by atoms with Gasteiger partial charge < -0.3 is 9.47 Å². The van der Waals surface area contributed by atoms with E-state index in [1.165, 1.54) is 31.0 Å². The number of ether oxygens (including phenoxy) is 2. The lowest BCUT2D eigenvalue weighted by atomic mass is 10.1. The summed E-state index contributed by atoms with van der Waals surface area (Å²) in [6, 6.07) is 21.4. The van der Waals surface area contributed by atoms with Gasteiger partial charge in [0.05, 0.1) is 12.6 Å². The molecule has 0 amide bonds. The van der Waals surface area contributed by atoms with E-state index in [0.29, 0.717) is 32.5 Å². The predicted molar refractivity (Wildman–Crippen MR) is 125 cm³/mol. The molecule has 0 radical (unpaired) electrons. The van der Waals surface area contributed by atoms with E-state index in [4.69, 9.17) is 21.1 Å². The molecular formula is C25H19ClFNO3S. The minimum absolute atomic E-state index is 0.255. The molecule has 0 atom stereocenters. The lowest BCUT2D eigenvalue weighted by molar-refractivity contribution is 0.0590. The number of rotatable bonds is 7. The number of hydrogen-bond donors (Lipinski definition) is 0. The third-order valence-electron chi connectivity index (χ3n) is 4.81. The summed E-state index contributed by atoms with van der Waals surface area (Å²) >= 11 is 7.49. The Hall–Kier alpha value is -3.09. The fraction of sp³-hybridized carbons (Fsp3) is 0.120. The summed E-state index contributed by atoms with van der Waals surface area (Å²) in [5.74, 6) is -0.135. The Morgan fingerprint density at radius 3 is 2.56 bits per heavy atom. The largest absolute Gasteiger partial charge is 0.487 e. The second-order valence-electron chi connectivity index (χ2n) is 6.93. The second kappa shape index (κ2) is 10.0. The predicted octanol–water partition coefficient (Wildman–Crippen LogP) is 6.69. The number of aromatic nitrogens is 1. The van der Waals surface area contributed by atoms with Gasteiger partial charge in [-0.3, -0.25) is 0 Å². The summed E-state index contributed by atoms with van der Waals surface area (Å²) in [5.41, 5.74) is 2.65. The van der Waals surface area contributed by atoms with Crippen LogP contribution in [0.25, 0.3) is 10.9 Å². The van der Waals surface area contributed by atoms with Crippen LogP contribution in [0, 0.1) is 5.82 Å². The first-order valence-corrected chi connectivity index (χ1v) is 11.2. The average molecular weight is 468 g/mol. The number of halogens is 2. The molecule has 0 fully saturated rings. The first-order chi connectivity index (χ1) is 15.6. The van der Waals surface area contributed by atoms with E-state index in [9.17, 15) is 9.18 Å². The molecule has 0 N–H and O–H groups in total. The average Bonchev–Trinajstić information content (AvgIpc) is 2.81. The Bertz CT molecular complexity index is 1270. The maximum absolute atomic E-state index is 13.4. The van der Waals surface area contributed by atoms with Gasteiger partial charge in [0.1, 0.15) is 28.8 Å². The summed E-state index contributed by atoms with van der Waals surface area (Å²) in [4.78, 5) is 17.5. The Kier molecular flexibility index (Phi) is 6.93. The molecule has 0 aliphatic rings. The number of methoxy groups -OCH3 is 1. The van der Waals surface area contributed by atoms with Crippen LogP contribution in [0.5, 0.6) is 5.75 Å². The van der Waals surface area contributed by atoms with Crippen LogP contribution in [0.15, 0.2) is 77.8 Å². The minimum Gasteiger partial charge on any atom is -0.487 e. The van der Waals surface area contributed by atoms with Gasteiger partial charge in [-0.2, -0.15) is 0 Å². The number of carbonyl (C=O) groups is 1. The number of nitrogens with zero attached hydrogens (tertiary/aromatic N) is 1. The van der Waals surface area contributed by atoms with E-state index in [1.54, 1.807) is 6.07 Å². The molecule has 4 nitrogen and oxygen atoms in total. The molecule has 0 spiro atoms. The topological polar surface area (TPSA) is 48.4 Å². The zero-order valence-electron chi connectivity index (χ0n) is 17.2. The number of fused-ring (bicyclic) bond motifs is 1. The van der Waals surface area contributed by atoms with Crippen LogP contribution in [-0.2, 0) is 17.1 Å². The molecule has 1 heterocycles. The van der Waals surface area contributed by atoms with Crippen LogP contribution >= 0.6 is 23.4 Å². The Morgan fingerprint density at radius 1 is 1.06 bits per heavy atom. The first-order valence-electron chi connectivity index (χ1n) is 9.81. The van der Waals surface area contributed by atoms with Gasteiger partial charge >= 0.3 is 5.97 Å². The molecule has 0 saturated carbocycles. The molecule has 0 aliphatic heterocycles. The maximum atomic E-state index is 13.4. The van der Waals surface area contributed by atoms with Gasteiger partial charge in [0.2, 0.25) is 0 Å². The van der Waals surface area contributed by atoms with Gasteiger partial charge in [-0.05, 0) is 35.4 Å². The standard InChI is InChI=1S/C25H19ClFNO3S/c1-30-25(29)22-23(31-14-16-7-3-2-4-8-16)19-9-5-6-10-21(19)28-24(22)32-15-17-11-12-18(27)13-20(17)26/h2-13H,14-15H2,1H3. The quantitative estimate of drug-likeness (QED) is 0.224. The summed E-state index contributed by atoms with van der Waals surface area (Å²) < 4.78 is 24.6. The number of hydrogen-bond acceptors (Lipinski definition) is 5. The van der Waals surface area contributed by atoms with Gasteiger partial charge in [-0.1, -0.05) is 60.1 Å². The molecule has 4 aromatic rings. The molecule has 4 rings (SSSR count). The normalized spacial score (nSPS) is 10.8. The Morgan fingerprint density at radius 2 is 1.81 bits per heavy atom. The molecule has 0 saturated heterocycles. The number of para-hydroxylation sites is 1. The molecule has 1 aromatic heterocycles. The number of thioether (sulfide) groups is 1. The van der Waals surface area contributed by atoms with Crippen LogP contribution in [-0.4, -0.2) is 18.1 Å². The minimum atomic E-state index is -0.543. The van der Waals surface area contributed by atoms with Crippen molar-refractivity contribution < 1.29 is 18.7 Å². The highest BCUT2D eigenvalue weighted by molar-refractivity contribution is 7.98. The lowest BCUT2D eigenvalue weighted by Gasteiger charge is -2.16. The van der Waals surface area contributed by atoms with Crippen molar-refractivity contribution in [1.82, 2.24) is 4.98 Å². The van der Waals surface area contributed by atoms with Crippen LogP contribution in [0.1, 0.15) is 21.5 Å². The van der Waals surface area contributed by atoms with Gasteiger partial charge in [0.15, 0.2) is 0 Å². The van der Waals surface area contributed by atoms with Crippen LogP contribution in [0.4, 0.5) is 4.39 Å². The fourth-order valence-electron chi connectivity index (χ4n) is 3.21. The highest BCUT2D eigenvalue weighted by Crippen LogP contribution is 2.38. The summed E-state index contributed by atoms with van der Waals surface area (Å²) in [5, 5.41) is 1.49. The van der Waals surface area contributed by atoms with Crippen molar-refractivity contribution in [2.24, 2.45) is 0 Å². The molecule has 0 aliphatic carbocycles. The summed E-state index contributed by atoms with van der Waals surface area (Å²) in [6.07, 6.45) is 0.